The number of benzene rings is 1. The van der Waals surface area contributed by atoms with Gasteiger partial charge in [0.25, 0.3) is 0 Å². The summed E-state index contributed by atoms with van der Waals surface area (Å²) < 4.78 is 5.51. The summed E-state index contributed by atoms with van der Waals surface area (Å²) in [5, 5.41) is 0. The topological polar surface area (TPSA) is 26.3 Å². The molecule has 1 rings (SSSR count). The molecular formula is C16H23BrO2. The lowest BCUT2D eigenvalue weighted by atomic mass is 9.81. The molecule has 0 aromatic heterocycles. The lowest BCUT2D eigenvalue weighted by Crippen LogP contribution is -2.27. The van der Waals surface area contributed by atoms with Crippen molar-refractivity contribution in [2.45, 2.75) is 44.9 Å². The van der Waals surface area contributed by atoms with Gasteiger partial charge in [0.1, 0.15) is 4.83 Å². The standard InChI is InChI=1S/C16H23BrO2/c1-4-16(5-2,6-3)12-19-15(18)14(17)13-10-8-7-9-11-13/h7-11,14H,4-6,12H2,1-3H3. The minimum atomic E-state index is -0.378. The molecule has 19 heavy (non-hydrogen) atoms. The molecule has 0 saturated carbocycles. The third kappa shape index (κ3) is 4.34. The van der Waals surface area contributed by atoms with Gasteiger partial charge in [-0.15, -0.1) is 0 Å². The monoisotopic (exact) mass is 326 g/mol. The Morgan fingerprint density at radius 3 is 2.16 bits per heavy atom. The van der Waals surface area contributed by atoms with E-state index in [0.29, 0.717) is 6.61 Å². The average Bonchev–Trinajstić information content (AvgIpc) is 2.49. The van der Waals surface area contributed by atoms with Crippen molar-refractivity contribution in [1.29, 1.82) is 0 Å². The van der Waals surface area contributed by atoms with Crippen molar-refractivity contribution in [3.05, 3.63) is 35.9 Å². The zero-order valence-corrected chi connectivity index (χ0v) is 13.6. The molecule has 0 N–H and O–H groups in total. The third-order valence-corrected chi connectivity index (χ3v) is 4.97. The third-order valence-electron chi connectivity index (χ3n) is 4.07. The van der Waals surface area contributed by atoms with Crippen molar-refractivity contribution in [3.8, 4) is 0 Å². The van der Waals surface area contributed by atoms with Crippen LogP contribution in [0.15, 0.2) is 30.3 Å². The highest BCUT2D eigenvalue weighted by Crippen LogP contribution is 2.32. The van der Waals surface area contributed by atoms with E-state index in [4.69, 9.17) is 4.74 Å². The summed E-state index contributed by atoms with van der Waals surface area (Å²) in [4.78, 5) is 11.7. The highest BCUT2D eigenvalue weighted by Gasteiger charge is 2.27. The molecule has 106 valence electrons. The van der Waals surface area contributed by atoms with Gasteiger partial charge in [-0.2, -0.15) is 0 Å². The number of carbonyl (C=O) groups is 1. The van der Waals surface area contributed by atoms with E-state index >= 15 is 0 Å². The Kier molecular flexibility index (Phi) is 6.56. The van der Waals surface area contributed by atoms with Crippen molar-refractivity contribution < 1.29 is 9.53 Å². The summed E-state index contributed by atoms with van der Waals surface area (Å²) in [7, 11) is 0. The fourth-order valence-corrected chi connectivity index (χ4v) is 2.55. The fourth-order valence-electron chi connectivity index (χ4n) is 2.11. The van der Waals surface area contributed by atoms with Crippen LogP contribution in [0.4, 0.5) is 0 Å². The van der Waals surface area contributed by atoms with Gasteiger partial charge < -0.3 is 4.74 Å². The molecular weight excluding hydrogens is 304 g/mol. The molecule has 1 unspecified atom stereocenters. The molecule has 0 bridgehead atoms. The molecule has 1 aromatic rings. The van der Waals surface area contributed by atoms with Gasteiger partial charge in [0, 0.05) is 5.41 Å². The van der Waals surface area contributed by atoms with Gasteiger partial charge in [0.15, 0.2) is 0 Å². The highest BCUT2D eigenvalue weighted by atomic mass is 79.9. The van der Waals surface area contributed by atoms with Gasteiger partial charge in [-0.1, -0.05) is 67.0 Å². The molecule has 2 nitrogen and oxygen atoms in total. The minimum Gasteiger partial charge on any atom is -0.464 e. The van der Waals surface area contributed by atoms with Crippen LogP contribution in [0.2, 0.25) is 0 Å². The van der Waals surface area contributed by atoms with Crippen molar-refractivity contribution >= 4 is 21.9 Å². The molecule has 0 spiro atoms. The van der Waals surface area contributed by atoms with E-state index in [1.807, 2.05) is 30.3 Å². The van der Waals surface area contributed by atoms with Crippen LogP contribution >= 0.6 is 15.9 Å². The minimum absolute atomic E-state index is 0.124. The number of alkyl halides is 1. The number of rotatable bonds is 7. The molecule has 0 heterocycles. The molecule has 3 heteroatoms. The van der Waals surface area contributed by atoms with Gasteiger partial charge in [-0.05, 0) is 24.8 Å². The summed E-state index contributed by atoms with van der Waals surface area (Å²) in [6.45, 7) is 6.97. The van der Waals surface area contributed by atoms with E-state index in [2.05, 4.69) is 36.7 Å². The maximum atomic E-state index is 12.1. The second-order valence-electron chi connectivity index (χ2n) is 4.94. The molecule has 1 aromatic carbocycles. The van der Waals surface area contributed by atoms with Gasteiger partial charge in [-0.3, -0.25) is 4.79 Å². The van der Waals surface area contributed by atoms with Crippen LogP contribution in [-0.4, -0.2) is 12.6 Å². The first kappa shape index (κ1) is 16.2. The van der Waals surface area contributed by atoms with Crippen LogP contribution in [0.1, 0.15) is 50.4 Å². The Hall–Kier alpha value is -0.830. The molecule has 1 atom stereocenters. The van der Waals surface area contributed by atoms with E-state index in [-0.39, 0.29) is 16.2 Å². The summed E-state index contributed by atoms with van der Waals surface area (Å²) in [5.41, 5.74) is 1.06. The molecule has 0 aliphatic rings. The molecule has 0 fully saturated rings. The lowest BCUT2D eigenvalue weighted by Gasteiger charge is -2.30. The number of carbonyl (C=O) groups excluding carboxylic acids is 1. The Morgan fingerprint density at radius 2 is 1.68 bits per heavy atom. The number of ether oxygens (including phenoxy) is 1. The van der Waals surface area contributed by atoms with E-state index in [0.717, 1.165) is 24.8 Å². The van der Waals surface area contributed by atoms with E-state index in [9.17, 15) is 4.79 Å². The second kappa shape index (κ2) is 7.68. The maximum absolute atomic E-state index is 12.1. The maximum Gasteiger partial charge on any atom is 0.324 e. The lowest BCUT2D eigenvalue weighted by molar-refractivity contribution is -0.147. The first-order valence-corrected chi connectivity index (χ1v) is 7.85. The van der Waals surface area contributed by atoms with Gasteiger partial charge in [0.05, 0.1) is 6.61 Å². The Bertz CT molecular complexity index is 377. The fraction of sp³-hybridized carbons (Fsp3) is 0.562. The number of hydrogen-bond acceptors (Lipinski definition) is 2. The molecule has 0 saturated heterocycles. The first-order valence-electron chi connectivity index (χ1n) is 6.94. The Labute approximate surface area is 124 Å². The van der Waals surface area contributed by atoms with Crippen molar-refractivity contribution in [2.24, 2.45) is 5.41 Å². The quantitative estimate of drug-likeness (QED) is 0.527. The first-order chi connectivity index (χ1) is 9.08. The van der Waals surface area contributed by atoms with Gasteiger partial charge in [-0.25, -0.2) is 0 Å². The van der Waals surface area contributed by atoms with Gasteiger partial charge >= 0.3 is 5.97 Å². The second-order valence-corrected chi connectivity index (χ2v) is 5.86. The highest BCUT2D eigenvalue weighted by molar-refractivity contribution is 9.09. The SMILES string of the molecule is CCC(CC)(CC)COC(=O)C(Br)c1ccccc1. The number of hydrogen-bond donors (Lipinski definition) is 0. The molecule has 0 aliphatic heterocycles. The Balaban J connectivity index is 2.60. The largest absolute Gasteiger partial charge is 0.464 e. The summed E-state index contributed by atoms with van der Waals surface area (Å²) in [6.07, 6.45) is 3.10. The summed E-state index contributed by atoms with van der Waals surface area (Å²) in [6, 6.07) is 9.63. The van der Waals surface area contributed by atoms with Crippen LogP contribution in [0.3, 0.4) is 0 Å². The normalized spacial score (nSPS) is 13.1. The smallest absolute Gasteiger partial charge is 0.324 e. The number of halogens is 1. The van der Waals surface area contributed by atoms with Crippen LogP contribution in [-0.2, 0) is 9.53 Å². The molecule has 0 radical (unpaired) electrons. The van der Waals surface area contributed by atoms with Crippen LogP contribution in [0.25, 0.3) is 0 Å². The van der Waals surface area contributed by atoms with Crippen molar-refractivity contribution in [3.63, 3.8) is 0 Å². The van der Waals surface area contributed by atoms with Gasteiger partial charge in [0.2, 0.25) is 0 Å². The zero-order chi connectivity index (χ0) is 14.3. The van der Waals surface area contributed by atoms with E-state index in [1.165, 1.54) is 0 Å². The van der Waals surface area contributed by atoms with Crippen LogP contribution in [0, 0.1) is 5.41 Å². The van der Waals surface area contributed by atoms with E-state index in [1.54, 1.807) is 0 Å². The van der Waals surface area contributed by atoms with Crippen LogP contribution < -0.4 is 0 Å². The summed E-state index contributed by atoms with van der Waals surface area (Å²) >= 11 is 3.41. The average molecular weight is 327 g/mol. The molecule has 0 aliphatic carbocycles. The predicted molar refractivity (Wildman–Crippen MR) is 82.4 cm³/mol. The molecule has 0 amide bonds. The van der Waals surface area contributed by atoms with E-state index < -0.39 is 0 Å². The van der Waals surface area contributed by atoms with Crippen molar-refractivity contribution in [2.75, 3.05) is 6.61 Å². The number of esters is 1. The van der Waals surface area contributed by atoms with Crippen LogP contribution in [0.5, 0.6) is 0 Å². The summed E-state index contributed by atoms with van der Waals surface area (Å²) in [5.74, 6) is -0.203. The van der Waals surface area contributed by atoms with Crippen molar-refractivity contribution in [1.82, 2.24) is 0 Å². The zero-order valence-electron chi connectivity index (χ0n) is 12.0. The Morgan fingerprint density at radius 1 is 1.16 bits per heavy atom. The predicted octanol–water partition coefficient (Wildman–Crippen LogP) is 4.88.